The third-order valence-electron chi connectivity index (χ3n) is 2.41. The average Bonchev–Trinajstić information content (AvgIpc) is 2.71. The summed E-state index contributed by atoms with van der Waals surface area (Å²) >= 11 is 0. The molecular formula is C10H19N5O. The number of hydrogen-bond acceptors (Lipinski definition) is 4. The SMILES string of the molecule is CCN(CC)CCNC(=O)c1n[nH]c(C)n1. The summed E-state index contributed by atoms with van der Waals surface area (Å²) in [5.41, 5.74) is 0. The maximum Gasteiger partial charge on any atom is 0.291 e. The lowest BCUT2D eigenvalue weighted by Gasteiger charge is -2.17. The lowest BCUT2D eigenvalue weighted by Crippen LogP contribution is -2.35. The van der Waals surface area contributed by atoms with Gasteiger partial charge in [0, 0.05) is 13.1 Å². The fourth-order valence-corrected chi connectivity index (χ4v) is 1.39. The molecule has 0 fully saturated rings. The third-order valence-corrected chi connectivity index (χ3v) is 2.41. The van der Waals surface area contributed by atoms with Gasteiger partial charge in [-0.2, -0.15) is 0 Å². The number of carbonyl (C=O) groups is 1. The van der Waals surface area contributed by atoms with Gasteiger partial charge in [-0.05, 0) is 20.0 Å². The number of nitrogens with zero attached hydrogens (tertiary/aromatic N) is 3. The van der Waals surface area contributed by atoms with Gasteiger partial charge in [-0.25, -0.2) is 4.98 Å². The van der Waals surface area contributed by atoms with E-state index in [-0.39, 0.29) is 11.7 Å². The van der Waals surface area contributed by atoms with Crippen molar-refractivity contribution in [3.63, 3.8) is 0 Å². The van der Waals surface area contributed by atoms with Gasteiger partial charge in [0.2, 0.25) is 5.82 Å². The van der Waals surface area contributed by atoms with E-state index < -0.39 is 0 Å². The van der Waals surface area contributed by atoms with Gasteiger partial charge >= 0.3 is 0 Å². The first-order valence-electron chi connectivity index (χ1n) is 5.57. The van der Waals surface area contributed by atoms with Crippen molar-refractivity contribution >= 4 is 5.91 Å². The van der Waals surface area contributed by atoms with Crippen LogP contribution in [0.2, 0.25) is 0 Å². The Morgan fingerprint density at radius 3 is 2.62 bits per heavy atom. The fourth-order valence-electron chi connectivity index (χ4n) is 1.39. The highest BCUT2D eigenvalue weighted by atomic mass is 16.2. The molecule has 0 radical (unpaired) electrons. The highest BCUT2D eigenvalue weighted by Crippen LogP contribution is 1.90. The van der Waals surface area contributed by atoms with Crippen molar-refractivity contribution in [2.75, 3.05) is 26.2 Å². The minimum Gasteiger partial charge on any atom is -0.348 e. The Kier molecular flexibility index (Phi) is 4.91. The number of likely N-dealkylation sites (N-methyl/N-ethyl adjacent to an activating group) is 1. The molecule has 0 bridgehead atoms. The van der Waals surface area contributed by atoms with Crippen molar-refractivity contribution in [2.45, 2.75) is 20.8 Å². The smallest absolute Gasteiger partial charge is 0.291 e. The van der Waals surface area contributed by atoms with Crippen LogP contribution in [0, 0.1) is 6.92 Å². The van der Waals surface area contributed by atoms with Gasteiger partial charge in [0.05, 0.1) is 0 Å². The average molecular weight is 225 g/mol. The molecule has 90 valence electrons. The second-order valence-electron chi connectivity index (χ2n) is 3.53. The summed E-state index contributed by atoms with van der Waals surface area (Å²) < 4.78 is 0. The summed E-state index contributed by atoms with van der Waals surface area (Å²) in [6.07, 6.45) is 0. The van der Waals surface area contributed by atoms with E-state index in [0.29, 0.717) is 12.4 Å². The van der Waals surface area contributed by atoms with E-state index in [1.54, 1.807) is 6.92 Å². The number of H-pyrrole nitrogens is 1. The minimum atomic E-state index is -0.225. The maximum absolute atomic E-state index is 11.5. The molecule has 1 rings (SSSR count). The fraction of sp³-hybridized carbons (Fsp3) is 0.700. The van der Waals surface area contributed by atoms with Crippen LogP contribution in [0.4, 0.5) is 0 Å². The van der Waals surface area contributed by atoms with E-state index in [0.717, 1.165) is 19.6 Å². The molecule has 1 amide bonds. The number of rotatable bonds is 6. The normalized spacial score (nSPS) is 10.8. The predicted molar refractivity (Wildman–Crippen MR) is 61.2 cm³/mol. The molecule has 0 saturated heterocycles. The quantitative estimate of drug-likeness (QED) is 0.724. The summed E-state index contributed by atoms with van der Waals surface area (Å²) in [5, 5.41) is 9.22. The number of aromatic nitrogens is 3. The molecule has 6 nitrogen and oxygen atoms in total. The standard InChI is InChI=1S/C10H19N5O/c1-4-15(5-2)7-6-11-10(16)9-12-8(3)13-14-9/h4-7H2,1-3H3,(H,11,16)(H,12,13,14). The van der Waals surface area contributed by atoms with Gasteiger partial charge in [0.15, 0.2) is 0 Å². The second kappa shape index (κ2) is 6.22. The van der Waals surface area contributed by atoms with Gasteiger partial charge in [0.1, 0.15) is 5.82 Å². The number of nitrogens with one attached hydrogen (secondary N) is 2. The lowest BCUT2D eigenvalue weighted by atomic mass is 10.4. The Morgan fingerprint density at radius 2 is 2.12 bits per heavy atom. The van der Waals surface area contributed by atoms with E-state index in [1.807, 2.05) is 0 Å². The summed E-state index contributed by atoms with van der Waals surface area (Å²) in [7, 11) is 0. The number of carbonyl (C=O) groups excluding carboxylic acids is 1. The van der Waals surface area contributed by atoms with Crippen LogP contribution in [0.25, 0.3) is 0 Å². The monoisotopic (exact) mass is 225 g/mol. The van der Waals surface area contributed by atoms with Crippen molar-refractivity contribution < 1.29 is 4.79 Å². The van der Waals surface area contributed by atoms with Crippen LogP contribution >= 0.6 is 0 Å². The first-order valence-corrected chi connectivity index (χ1v) is 5.57. The molecular weight excluding hydrogens is 206 g/mol. The second-order valence-corrected chi connectivity index (χ2v) is 3.53. The molecule has 0 aliphatic rings. The van der Waals surface area contributed by atoms with Crippen LogP contribution in [0.1, 0.15) is 30.3 Å². The third kappa shape index (κ3) is 3.62. The zero-order chi connectivity index (χ0) is 12.0. The minimum absolute atomic E-state index is 0.206. The largest absolute Gasteiger partial charge is 0.348 e. The summed E-state index contributed by atoms with van der Waals surface area (Å²) in [6.45, 7) is 9.42. The number of aryl methyl sites for hydroxylation is 1. The molecule has 6 heteroatoms. The molecule has 1 heterocycles. The summed E-state index contributed by atoms with van der Waals surface area (Å²) in [5.74, 6) is 0.627. The molecule has 0 atom stereocenters. The molecule has 1 aromatic heterocycles. The van der Waals surface area contributed by atoms with Crippen molar-refractivity contribution in [1.29, 1.82) is 0 Å². The predicted octanol–water partition coefficient (Wildman–Crippen LogP) is 0.185. The number of amides is 1. The Bertz CT molecular complexity index is 332. The van der Waals surface area contributed by atoms with Gasteiger partial charge in [-0.15, -0.1) is 5.10 Å². The molecule has 0 aliphatic heterocycles. The Hall–Kier alpha value is -1.43. The van der Waals surface area contributed by atoms with Crippen molar-refractivity contribution in [3.8, 4) is 0 Å². The molecule has 0 saturated carbocycles. The van der Waals surface area contributed by atoms with Crippen LogP contribution < -0.4 is 5.32 Å². The number of hydrogen-bond donors (Lipinski definition) is 2. The van der Waals surface area contributed by atoms with Crippen LogP contribution in [0.3, 0.4) is 0 Å². The zero-order valence-corrected chi connectivity index (χ0v) is 10.1. The molecule has 0 aliphatic carbocycles. The van der Waals surface area contributed by atoms with E-state index in [2.05, 4.69) is 39.2 Å². The lowest BCUT2D eigenvalue weighted by molar-refractivity contribution is 0.0939. The Morgan fingerprint density at radius 1 is 1.44 bits per heavy atom. The molecule has 16 heavy (non-hydrogen) atoms. The van der Waals surface area contributed by atoms with Gasteiger partial charge < -0.3 is 10.2 Å². The van der Waals surface area contributed by atoms with Gasteiger partial charge in [-0.1, -0.05) is 13.8 Å². The topological polar surface area (TPSA) is 73.9 Å². The van der Waals surface area contributed by atoms with Crippen LogP contribution in [-0.4, -0.2) is 52.2 Å². The molecule has 2 N–H and O–H groups in total. The molecule has 1 aromatic rings. The van der Waals surface area contributed by atoms with E-state index in [4.69, 9.17) is 0 Å². The first-order chi connectivity index (χ1) is 7.67. The number of aromatic amines is 1. The van der Waals surface area contributed by atoms with Crippen LogP contribution in [-0.2, 0) is 0 Å². The van der Waals surface area contributed by atoms with Gasteiger partial charge in [0.25, 0.3) is 5.91 Å². The highest BCUT2D eigenvalue weighted by Gasteiger charge is 2.10. The highest BCUT2D eigenvalue weighted by molar-refractivity contribution is 5.90. The zero-order valence-electron chi connectivity index (χ0n) is 10.1. The maximum atomic E-state index is 11.5. The van der Waals surface area contributed by atoms with Crippen molar-refractivity contribution in [3.05, 3.63) is 11.6 Å². The van der Waals surface area contributed by atoms with Crippen LogP contribution in [0.5, 0.6) is 0 Å². The van der Waals surface area contributed by atoms with E-state index in [1.165, 1.54) is 0 Å². The van der Waals surface area contributed by atoms with Crippen molar-refractivity contribution in [2.24, 2.45) is 0 Å². The van der Waals surface area contributed by atoms with Crippen LogP contribution in [0.15, 0.2) is 0 Å². The summed E-state index contributed by atoms with van der Waals surface area (Å²) in [6, 6.07) is 0. The van der Waals surface area contributed by atoms with E-state index in [9.17, 15) is 4.79 Å². The van der Waals surface area contributed by atoms with Crippen molar-refractivity contribution in [1.82, 2.24) is 25.4 Å². The first kappa shape index (κ1) is 12.6. The molecule has 0 spiro atoms. The Labute approximate surface area is 95.4 Å². The Balaban J connectivity index is 2.30. The molecule has 0 unspecified atom stereocenters. The molecule has 0 aromatic carbocycles. The van der Waals surface area contributed by atoms with Gasteiger partial charge in [-0.3, -0.25) is 9.89 Å². The summed E-state index contributed by atoms with van der Waals surface area (Å²) in [4.78, 5) is 17.7. The van der Waals surface area contributed by atoms with E-state index >= 15 is 0 Å².